The summed E-state index contributed by atoms with van der Waals surface area (Å²) in [6, 6.07) is 0.316. The number of nitrogens with one attached hydrogen (secondary N) is 1. The number of likely N-dealkylation sites (N-methyl/N-ethyl adjacent to an activating group) is 1. The summed E-state index contributed by atoms with van der Waals surface area (Å²) in [6.07, 6.45) is 9.16. The molecule has 0 aliphatic heterocycles. The Bertz CT molecular complexity index is 362. The number of carbonyl (C=O) groups excluding carboxylic acids is 1. The molecule has 1 aliphatic carbocycles. The molecule has 2 rings (SSSR count). The molecular formula is C11H18N4O. The van der Waals surface area contributed by atoms with Gasteiger partial charge >= 0.3 is 0 Å². The Labute approximate surface area is 95.0 Å². The smallest absolute Gasteiger partial charge is 0.237 e. The summed E-state index contributed by atoms with van der Waals surface area (Å²) in [5.74, 6) is -0.250. The van der Waals surface area contributed by atoms with Crippen molar-refractivity contribution in [3.8, 4) is 0 Å². The largest absolute Gasteiger partial charge is 0.368 e. The van der Waals surface area contributed by atoms with E-state index in [1.54, 1.807) is 19.6 Å². The molecule has 1 aromatic rings. The average molecular weight is 222 g/mol. The Morgan fingerprint density at radius 3 is 3.06 bits per heavy atom. The summed E-state index contributed by atoms with van der Waals surface area (Å²) in [4.78, 5) is 15.6. The van der Waals surface area contributed by atoms with Crippen molar-refractivity contribution in [3.63, 3.8) is 0 Å². The van der Waals surface area contributed by atoms with Crippen LogP contribution in [0.5, 0.6) is 0 Å². The summed E-state index contributed by atoms with van der Waals surface area (Å²) in [5, 5.41) is 3.10. The summed E-state index contributed by atoms with van der Waals surface area (Å²) >= 11 is 0. The van der Waals surface area contributed by atoms with Crippen molar-refractivity contribution >= 4 is 5.91 Å². The number of aromatic nitrogens is 2. The molecule has 0 bridgehead atoms. The van der Waals surface area contributed by atoms with Crippen LogP contribution in [0, 0.1) is 0 Å². The van der Waals surface area contributed by atoms with Crippen LogP contribution in [0.4, 0.5) is 0 Å². The van der Waals surface area contributed by atoms with Gasteiger partial charge in [0, 0.05) is 18.4 Å². The number of imidazole rings is 1. The number of rotatable bonds is 3. The van der Waals surface area contributed by atoms with Crippen LogP contribution in [0.15, 0.2) is 18.7 Å². The topological polar surface area (TPSA) is 72.9 Å². The molecular weight excluding hydrogens is 204 g/mol. The number of amides is 1. The number of primary amides is 1. The minimum Gasteiger partial charge on any atom is -0.368 e. The van der Waals surface area contributed by atoms with Crippen molar-refractivity contribution in [1.82, 2.24) is 14.9 Å². The second kappa shape index (κ2) is 4.25. The molecule has 3 N–H and O–H groups in total. The third-order valence-electron chi connectivity index (χ3n) is 3.62. The highest BCUT2D eigenvalue weighted by Crippen LogP contribution is 2.34. The lowest BCUT2D eigenvalue weighted by molar-refractivity contribution is -0.126. The van der Waals surface area contributed by atoms with Gasteiger partial charge in [-0.05, 0) is 32.7 Å². The van der Waals surface area contributed by atoms with Gasteiger partial charge in [0.15, 0.2) is 0 Å². The first kappa shape index (κ1) is 11.1. The van der Waals surface area contributed by atoms with Gasteiger partial charge in [0.1, 0.15) is 0 Å². The molecule has 2 unspecified atom stereocenters. The van der Waals surface area contributed by atoms with Crippen LogP contribution in [0.3, 0.4) is 0 Å². The standard InChI is InChI=1S/C11H18N4O/c1-13-11(10(12)16)4-2-3-9(7-11)15-6-5-14-8-15/h5-6,8-9,13H,2-4,7H2,1H3,(H2,12,16). The maximum Gasteiger partial charge on any atom is 0.237 e. The van der Waals surface area contributed by atoms with Crippen LogP contribution < -0.4 is 11.1 Å². The van der Waals surface area contributed by atoms with E-state index in [-0.39, 0.29) is 5.91 Å². The minimum absolute atomic E-state index is 0.250. The van der Waals surface area contributed by atoms with Crippen LogP contribution >= 0.6 is 0 Å². The van der Waals surface area contributed by atoms with Crippen molar-refractivity contribution in [2.45, 2.75) is 37.3 Å². The van der Waals surface area contributed by atoms with Crippen LogP contribution in [0.1, 0.15) is 31.7 Å². The van der Waals surface area contributed by atoms with Gasteiger partial charge in [-0.2, -0.15) is 0 Å². The molecule has 16 heavy (non-hydrogen) atoms. The maximum absolute atomic E-state index is 11.6. The van der Waals surface area contributed by atoms with Gasteiger partial charge in [0.05, 0.1) is 11.9 Å². The van der Waals surface area contributed by atoms with E-state index in [9.17, 15) is 4.79 Å². The zero-order chi connectivity index (χ0) is 11.6. The molecule has 5 heteroatoms. The van der Waals surface area contributed by atoms with Crippen LogP contribution in [0.25, 0.3) is 0 Å². The quantitative estimate of drug-likeness (QED) is 0.779. The lowest BCUT2D eigenvalue weighted by Crippen LogP contribution is -2.56. The number of nitrogens with two attached hydrogens (primary N) is 1. The predicted octanol–water partition coefficient (Wildman–Crippen LogP) is 0.442. The van der Waals surface area contributed by atoms with Gasteiger partial charge in [-0.3, -0.25) is 4.79 Å². The molecule has 0 radical (unpaired) electrons. The van der Waals surface area contributed by atoms with Crippen molar-refractivity contribution in [1.29, 1.82) is 0 Å². The van der Waals surface area contributed by atoms with E-state index in [4.69, 9.17) is 5.73 Å². The van der Waals surface area contributed by atoms with E-state index in [1.165, 1.54) is 0 Å². The molecule has 5 nitrogen and oxygen atoms in total. The average Bonchev–Trinajstić information content (AvgIpc) is 2.82. The Hall–Kier alpha value is -1.36. The molecule has 0 saturated heterocycles. The molecule has 1 heterocycles. The Kier molecular flexibility index (Phi) is 2.96. The molecule has 2 atom stereocenters. The fourth-order valence-electron chi connectivity index (χ4n) is 2.56. The van der Waals surface area contributed by atoms with Gasteiger partial charge in [-0.15, -0.1) is 0 Å². The summed E-state index contributed by atoms with van der Waals surface area (Å²) < 4.78 is 2.06. The number of nitrogens with zero attached hydrogens (tertiary/aromatic N) is 2. The highest BCUT2D eigenvalue weighted by molar-refractivity contribution is 5.84. The van der Waals surface area contributed by atoms with Crippen molar-refractivity contribution in [3.05, 3.63) is 18.7 Å². The molecule has 1 aliphatic rings. The predicted molar refractivity (Wildman–Crippen MR) is 60.7 cm³/mol. The zero-order valence-electron chi connectivity index (χ0n) is 9.52. The Morgan fingerprint density at radius 1 is 1.69 bits per heavy atom. The SMILES string of the molecule is CNC1(C(N)=O)CCCC(n2ccnc2)C1. The lowest BCUT2D eigenvalue weighted by Gasteiger charge is -2.38. The van der Waals surface area contributed by atoms with E-state index < -0.39 is 5.54 Å². The normalized spacial score (nSPS) is 30.2. The first-order valence-electron chi connectivity index (χ1n) is 5.64. The second-order valence-corrected chi connectivity index (χ2v) is 4.46. The highest BCUT2D eigenvalue weighted by Gasteiger charge is 2.40. The first-order chi connectivity index (χ1) is 7.68. The van der Waals surface area contributed by atoms with Crippen molar-refractivity contribution < 1.29 is 4.79 Å². The van der Waals surface area contributed by atoms with Crippen LogP contribution in [-0.4, -0.2) is 28.0 Å². The fourth-order valence-corrected chi connectivity index (χ4v) is 2.56. The maximum atomic E-state index is 11.6. The van der Waals surface area contributed by atoms with Crippen molar-refractivity contribution in [2.24, 2.45) is 5.73 Å². The first-order valence-corrected chi connectivity index (χ1v) is 5.64. The van der Waals surface area contributed by atoms with E-state index in [1.807, 2.05) is 6.20 Å². The molecule has 0 aromatic carbocycles. The van der Waals surface area contributed by atoms with Gasteiger partial charge < -0.3 is 15.6 Å². The number of hydrogen-bond acceptors (Lipinski definition) is 3. The summed E-state index contributed by atoms with van der Waals surface area (Å²) in [7, 11) is 1.81. The molecule has 1 saturated carbocycles. The number of hydrogen-bond donors (Lipinski definition) is 2. The monoisotopic (exact) mass is 222 g/mol. The third-order valence-corrected chi connectivity index (χ3v) is 3.62. The molecule has 88 valence electrons. The molecule has 1 aromatic heterocycles. The van der Waals surface area contributed by atoms with Crippen LogP contribution in [-0.2, 0) is 4.79 Å². The van der Waals surface area contributed by atoms with E-state index in [0.717, 1.165) is 25.7 Å². The fraction of sp³-hybridized carbons (Fsp3) is 0.636. The lowest BCUT2D eigenvalue weighted by atomic mass is 9.78. The summed E-state index contributed by atoms with van der Waals surface area (Å²) in [6.45, 7) is 0. The van der Waals surface area contributed by atoms with E-state index in [2.05, 4.69) is 14.9 Å². The van der Waals surface area contributed by atoms with Gasteiger partial charge in [0.25, 0.3) is 0 Å². The highest BCUT2D eigenvalue weighted by atomic mass is 16.1. The van der Waals surface area contributed by atoms with Gasteiger partial charge in [-0.25, -0.2) is 4.98 Å². The van der Waals surface area contributed by atoms with Crippen LogP contribution in [0.2, 0.25) is 0 Å². The summed E-state index contributed by atoms with van der Waals surface area (Å²) in [5.41, 5.74) is 4.95. The van der Waals surface area contributed by atoms with E-state index in [0.29, 0.717) is 6.04 Å². The molecule has 1 fully saturated rings. The zero-order valence-corrected chi connectivity index (χ0v) is 9.52. The van der Waals surface area contributed by atoms with Gasteiger partial charge in [0.2, 0.25) is 5.91 Å². The van der Waals surface area contributed by atoms with Crippen molar-refractivity contribution in [2.75, 3.05) is 7.05 Å². The van der Waals surface area contributed by atoms with E-state index >= 15 is 0 Å². The minimum atomic E-state index is -0.548. The Morgan fingerprint density at radius 2 is 2.50 bits per heavy atom. The molecule has 0 spiro atoms. The third kappa shape index (κ3) is 1.82. The Balaban J connectivity index is 2.18. The van der Waals surface area contributed by atoms with Gasteiger partial charge in [-0.1, -0.05) is 0 Å². The molecule has 1 amide bonds. The number of carbonyl (C=O) groups is 1. The second-order valence-electron chi connectivity index (χ2n) is 4.46.